The minimum atomic E-state index is 0.236. The Kier molecular flexibility index (Phi) is 3.41. The van der Waals surface area contributed by atoms with Crippen LogP contribution in [0.15, 0.2) is 65.5 Å². The summed E-state index contributed by atoms with van der Waals surface area (Å²) in [5.74, 6) is 0.682. The maximum atomic E-state index is 6.27. The largest absolute Gasteiger partial charge is 0.383 e. The molecule has 0 spiro atoms. The number of anilines is 1. The third-order valence-corrected chi connectivity index (χ3v) is 3.48. The molecule has 0 saturated heterocycles. The Bertz CT molecular complexity index is 724. The van der Waals surface area contributed by atoms with Crippen LogP contribution < -0.4 is 21.8 Å². The number of nitrogens with zero attached hydrogens (tertiary/aromatic N) is 2. The van der Waals surface area contributed by atoms with Crippen molar-refractivity contribution in [1.29, 1.82) is 0 Å². The number of guanidine groups is 1. The highest BCUT2D eigenvalue weighted by molar-refractivity contribution is 6.34. The Morgan fingerprint density at radius 3 is 2.33 bits per heavy atom. The highest BCUT2D eigenvalue weighted by Crippen LogP contribution is 2.30. The molecule has 5 N–H and O–H groups in total. The fraction of sp³-hybridized carbons (Fsp3) is 0. The first kappa shape index (κ1) is 13.3. The molecule has 6 heteroatoms. The normalized spacial score (nSPS) is 14.7. The van der Waals surface area contributed by atoms with Crippen LogP contribution in [0.2, 0.25) is 5.02 Å². The van der Waals surface area contributed by atoms with Gasteiger partial charge in [-0.05, 0) is 12.1 Å². The van der Waals surface area contributed by atoms with Crippen molar-refractivity contribution in [2.24, 2.45) is 16.6 Å². The summed E-state index contributed by atoms with van der Waals surface area (Å²) in [5, 5.41) is 4.66. The fourth-order valence-electron chi connectivity index (χ4n) is 2.16. The van der Waals surface area contributed by atoms with Crippen molar-refractivity contribution in [2.45, 2.75) is 0 Å². The molecule has 5 nitrogen and oxygen atoms in total. The number of hydrazone groups is 1. The lowest BCUT2D eigenvalue weighted by Crippen LogP contribution is -2.45. The van der Waals surface area contributed by atoms with Crippen molar-refractivity contribution in [3.63, 3.8) is 0 Å². The molecule has 21 heavy (non-hydrogen) atoms. The number of nitrogens with two attached hydrogens (primary N) is 2. The van der Waals surface area contributed by atoms with E-state index in [9.17, 15) is 0 Å². The minimum absolute atomic E-state index is 0.236. The van der Waals surface area contributed by atoms with Gasteiger partial charge in [0.15, 0.2) is 0 Å². The van der Waals surface area contributed by atoms with E-state index < -0.39 is 0 Å². The van der Waals surface area contributed by atoms with Crippen molar-refractivity contribution < 1.29 is 0 Å². The summed E-state index contributed by atoms with van der Waals surface area (Å²) in [5.41, 5.74) is 17.4. The standard InChI is InChI=1S/C15H14ClN5/c16-11-8-4-5-9-12(11)21-14(17)13(19-20-15(21)18)10-6-2-1-3-7-10/h1-9,19H,17H2,(H2,18,20). The molecule has 0 atom stereocenters. The maximum absolute atomic E-state index is 6.27. The lowest BCUT2D eigenvalue weighted by atomic mass is 10.1. The van der Waals surface area contributed by atoms with Crippen LogP contribution in [0, 0.1) is 0 Å². The quantitative estimate of drug-likeness (QED) is 0.795. The molecular weight excluding hydrogens is 286 g/mol. The number of hydrogen-bond acceptors (Lipinski definition) is 5. The first-order valence-electron chi connectivity index (χ1n) is 6.37. The first-order valence-corrected chi connectivity index (χ1v) is 6.75. The van der Waals surface area contributed by atoms with Crippen molar-refractivity contribution >= 4 is 28.9 Å². The highest BCUT2D eigenvalue weighted by Gasteiger charge is 2.24. The number of hydrogen-bond donors (Lipinski definition) is 3. The second-order valence-electron chi connectivity index (χ2n) is 4.49. The van der Waals surface area contributed by atoms with Gasteiger partial charge in [0.05, 0.1) is 10.7 Å². The summed E-state index contributed by atoms with van der Waals surface area (Å²) < 4.78 is 0. The average molecular weight is 300 g/mol. The number of halogens is 1. The summed E-state index contributed by atoms with van der Waals surface area (Å²) in [6.45, 7) is 0. The van der Waals surface area contributed by atoms with Crippen molar-refractivity contribution in [2.75, 3.05) is 4.90 Å². The molecule has 0 radical (unpaired) electrons. The van der Waals surface area contributed by atoms with Crippen LogP contribution in [-0.4, -0.2) is 5.96 Å². The Morgan fingerprint density at radius 1 is 0.952 bits per heavy atom. The molecule has 0 aromatic heterocycles. The molecule has 0 amide bonds. The fourth-order valence-corrected chi connectivity index (χ4v) is 2.38. The van der Waals surface area contributed by atoms with Crippen LogP contribution in [0.3, 0.4) is 0 Å². The summed E-state index contributed by atoms with van der Waals surface area (Å²) >= 11 is 6.23. The Labute approximate surface area is 127 Å². The molecule has 0 fully saturated rings. The van der Waals surface area contributed by atoms with Gasteiger partial charge in [0.25, 0.3) is 0 Å². The molecular formula is C15H14ClN5. The number of benzene rings is 2. The molecule has 0 saturated carbocycles. The van der Waals surface area contributed by atoms with Gasteiger partial charge in [-0.15, -0.1) is 5.10 Å². The SMILES string of the molecule is NC1=NNC(c2ccccc2)=C(N)N1c1ccccc1Cl. The lowest BCUT2D eigenvalue weighted by molar-refractivity contribution is 0.911. The van der Waals surface area contributed by atoms with Crippen LogP contribution >= 0.6 is 11.6 Å². The van der Waals surface area contributed by atoms with Gasteiger partial charge in [0.1, 0.15) is 11.5 Å². The molecule has 0 unspecified atom stereocenters. The highest BCUT2D eigenvalue weighted by atomic mass is 35.5. The van der Waals surface area contributed by atoms with E-state index in [0.717, 1.165) is 5.56 Å². The zero-order valence-electron chi connectivity index (χ0n) is 11.1. The molecule has 3 rings (SSSR count). The van der Waals surface area contributed by atoms with Crippen molar-refractivity contribution in [3.05, 3.63) is 71.0 Å². The molecule has 106 valence electrons. The van der Waals surface area contributed by atoms with E-state index in [1.807, 2.05) is 48.5 Å². The van der Waals surface area contributed by atoms with Crippen LogP contribution in [0.1, 0.15) is 5.56 Å². The molecule has 2 aromatic carbocycles. The van der Waals surface area contributed by atoms with Gasteiger partial charge < -0.3 is 11.5 Å². The molecule has 1 heterocycles. The average Bonchev–Trinajstić information content (AvgIpc) is 2.50. The molecule has 0 bridgehead atoms. The molecule has 1 aliphatic heterocycles. The predicted molar refractivity (Wildman–Crippen MR) is 86.2 cm³/mol. The van der Waals surface area contributed by atoms with E-state index in [4.69, 9.17) is 23.1 Å². The molecule has 0 aliphatic carbocycles. The summed E-state index contributed by atoms with van der Waals surface area (Å²) in [7, 11) is 0. The number of nitrogens with one attached hydrogen (secondary N) is 1. The van der Waals surface area contributed by atoms with E-state index in [1.165, 1.54) is 0 Å². The molecule has 2 aromatic rings. The van der Waals surface area contributed by atoms with E-state index >= 15 is 0 Å². The minimum Gasteiger partial charge on any atom is -0.383 e. The van der Waals surface area contributed by atoms with E-state index in [0.29, 0.717) is 22.2 Å². The van der Waals surface area contributed by atoms with E-state index in [2.05, 4.69) is 10.5 Å². The second-order valence-corrected chi connectivity index (χ2v) is 4.90. The van der Waals surface area contributed by atoms with Crippen molar-refractivity contribution in [1.82, 2.24) is 5.43 Å². The topological polar surface area (TPSA) is 79.7 Å². The summed E-state index contributed by atoms with van der Waals surface area (Å²) in [6, 6.07) is 17.0. The third kappa shape index (κ3) is 2.39. The van der Waals surface area contributed by atoms with Crippen LogP contribution in [0.4, 0.5) is 5.69 Å². The van der Waals surface area contributed by atoms with Gasteiger partial charge in [-0.3, -0.25) is 10.3 Å². The monoisotopic (exact) mass is 299 g/mol. The lowest BCUT2D eigenvalue weighted by Gasteiger charge is -2.30. The first-order chi connectivity index (χ1) is 10.2. The van der Waals surface area contributed by atoms with Gasteiger partial charge in [-0.25, -0.2) is 0 Å². The smallest absolute Gasteiger partial charge is 0.224 e. The maximum Gasteiger partial charge on any atom is 0.224 e. The van der Waals surface area contributed by atoms with E-state index in [1.54, 1.807) is 11.0 Å². The van der Waals surface area contributed by atoms with Gasteiger partial charge in [-0.1, -0.05) is 54.1 Å². The van der Waals surface area contributed by atoms with Gasteiger partial charge in [-0.2, -0.15) is 0 Å². The van der Waals surface area contributed by atoms with Gasteiger partial charge in [0.2, 0.25) is 5.96 Å². The summed E-state index contributed by atoms with van der Waals surface area (Å²) in [6.07, 6.45) is 0. The second kappa shape index (κ2) is 5.38. The Balaban J connectivity index is 2.11. The van der Waals surface area contributed by atoms with Crippen LogP contribution in [-0.2, 0) is 0 Å². The number of rotatable bonds is 2. The van der Waals surface area contributed by atoms with Crippen LogP contribution in [0.5, 0.6) is 0 Å². The van der Waals surface area contributed by atoms with Gasteiger partial charge in [0, 0.05) is 5.56 Å². The Hall–Kier alpha value is -2.66. The van der Waals surface area contributed by atoms with Crippen LogP contribution in [0.25, 0.3) is 5.70 Å². The predicted octanol–water partition coefficient (Wildman–Crippen LogP) is 2.26. The van der Waals surface area contributed by atoms with Crippen molar-refractivity contribution in [3.8, 4) is 0 Å². The molecule has 1 aliphatic rings. The zero-order valence-corrected chi connectivity index (χ0v) is 11.9. The Morgan fingerprint density at radius 2 is 1.62 bits per heavy atom. The van der Waals surface area contributed by atoms with E-state index in [-0.39, 0.29) is 5.96 Å². The zero-order chi connectivity index (χ0) is 14.8. The third-order valence-electron chi connectivity index (χ3n) is 3.16. The van der Waals surface area contributed by atoms with Gasteiger partial charge >= 0.3 is 0 Å². The summed E-state index contributed by atoms with van der Waals surface area (Å²) in [4.78, 5) is 1.63. The number of para-hydroxylation sites is 1.